The van der Waals surface area contributed by atoms with Gasteiger partial charge in [-0.25, -0.2) is 0 Å². The van der Waals surface area contributed by atoms with Gasteiger partial charge >= 0.3 is 0 Å². The van der Waals surface area contributed by atoms with Gasteiger partial charge in [-0.05, 0) is 73.2 Å². The van der Waals surface area contributed by atoms with E-state index in [1.165, 1.54) is 11.1 Å². The molecule has 0 aromatic heterocycles. The van der Waals surface area contributed by atoms with Crippen LogP contribution in [0.5, 0.6) is 0 Å². The van der Waals surface area contributed by atoms with E-state index in [0.717, 1.165) is 49.9 Å². The molecule has 4 aromatic rings. The number of fused-ring (bicyclic) bond motifs is 2. The van der Waals surface area contributed by atoms with E-state index in [1.54, 1.807) is 12.1 Å². The number of carbonyl (C=O) groups is 2. The lowest BCUT2D eigenvalue weighted by Crippen LogP contribution is -2.23. The molecular formula is C34H34N2O2. The molecule has 2 N–H and O–H groups in total. The maximum absolute atomic E-state index is 14.1. The van der Waals surface area contributed by atoms with Gasteiger partial charge in [0, 0.05) is 22.5 Å². The zero-order valence-electron chi connectivity index (χ0n) is 22.1. The van der Waals surface area contributed by atoms with E-state index in [9.17, 15) is 9.59 Å². The van der Waals surface area contributed by atoms with Crippen LogP contribution in [0.1, 0.15) is 82.5 Å². The molecule has 0 saturated heterocycles. The molecule has 0 radical (unpaired) electrons. The highest BCUT2D eigenvalue weighted by Crippen LogP contribution is 2.37. The van der Waals surface area contributed by atoms with Gasteiger partial charge < -0.3 is 10.6 Å². The van der Waals surface area contributed by atoms with Gasteiger partial charge in [0.15, 0.2) is 11.6 Å². The fraction of sp³-hybridized carbons (Fsp3) is 0.235. The standard InChI is InChI=1S/C34H34N2O2/c1-3-5-11-23-13-7-15-25(21-23)35-29-19-9-17-27-31(29)34(38)32-28(33(27)37)18-10-20-30(32)36-26-16-8-14-24(22-26)12-6-4-2/h7-10,13-22,35-36H,3-6,11-12H2,1-2H3. The first-order valence-corrected chi connectivity index (χ1v) is 13.7. The first-order valence-electron chi connectivity index (χ1n) is 13.7. The second-order valence-corrected chi connectivity index (χ2v) is 9.97. The molecule has 0 atom stereocenters. The molecule has 0 aliphatic heterocycles. The van der Waals surface area contributed by atoms with Gasteiger partial charge in [0.2, 0.25) is 0 Å². The molecule has 4 heteroatoms. The lowest BCUT2D eigenvalue weighted by atomic mass is 9.82. The third-order valence-corrected chi connectivity index (χ3v) is 7.12. The highest BCUT2D eigenvalue weighted by molar-refractivity contribution is 6.32. The monoisotopic (exact) mass is 502 g/mol. The molecule has 0 spiro atoms. The Labute approximate surface area is 225 Å². The average Bonchev–Trinajstić information content (AvgIpc) is 2.94. The second kappa shape index (κ2) is 11.5. The molecule has 4 nitrogen and oxygen atoms in total. The van der Waals surface area contributed by atoms with Crippen molar-refractivity contribution in [2.24, 2.45) is 0 Å². The van der Waals surface area contributed by atoms with E-state index in [0.29, 0.717) is 33.6 Å². The lowest BCUT2D eigenvalue weighted by molar-refractivity contribution is 0.0980. The fourth-order valence-electron chi connectivity index (χ4n) is 5.13. The molecule has 38 heavy (non-hydrogen) atoms. The Kier molecular flexibility index (Phi) is 7.69. The highest BCUT2D eigenvalue weighted by Gasteiger charge is 2.33. The van der Waals surface area contributed by atoms with Crippen molar-refractivity contribution in [3.8, 4) is 0 Å². The van der Waals surface area contributed by atoms with Crippen LogP contribution >= 0.6 is 0 Å². The number of aryl methyl sites for hydroxylation is 2. The number of hydrogen-bond donors (Lipinski definition) is 2. The SMILES string of the molecule is CCCCc1cccc(Nc2cccc3c2C(=O)c2c(Nc4cccc(CCCC)c4)cccc2C3=O)c1. The molecule has 5 rings (SSSR count). The molecule has 1 aliphatic rings. The molecule has 0 fully saturated rings. The Morgan fingerprint density at radius 1 is 0.553 bits per heavy atom. The predicted octanol–water partition coefficient (Wildman–Crippen LogP) is 8.63. The molecule has 192 valence electrons. The van der Waals surface area contributed by atoms with Crippen molar-refractivity contribution in [2.45, 2.75) is 52.4 Å². The van der Waals surface area contributed by atoms with E-state index in [2.05, 4.69) is 48.7 Å². The Morgan fingerprint density at radius 2 is 1.00 bits per heavy atom. The summed E-state index contributed by atoms with van der Waals surface area (Å²) in [7, 11) is 0. The fourth-order valence-corrected chi connectivity index (χ4v) is 5.13. The topological polar surface area (TPSA) is 58.2 Å². The number of anilines is 4. The van der Waals surface area contributed by atoms with Crippen LogP contribution in [0.3, 0.4) is 0 Å². The number of unbranched alkanes of at least 4 members (excludes halogenated alkanes) is 2. The molecule has 0 amide bonds. The first-order chi connectivity index (χ1) is 18.6. The van der Waals surface area contributed by atoms with Gasteiger partial charge in [-0.3, -0.25) is 9.59 Å². The molecule has 0 bridgehead atoms. The van der Waals surface area contributed by atoms with Gasteiger partial charge in [0.05, 0.1) is 22.5 Å². The van der Waals surface area contributed by atoms with Crippen LogP contribution in [0.2, 0.25) is 0 Å². The van der Waals surface area contributed by atoms with Gasteiger partial charge in [0.1, 0.15) is 0 Å². The normalized spacial score (nSPS) is 12.2. The van der Waals surface area contributed by atoms with Gasteiger partial charge in [-0.1, -0.05) is 75.2 Å². The Bertz CT molecular complexity index is 1380. The molecule has 4 aromatic carbocycles. The van der Waals surface area contributed by atoms with Crippen LogP contribution < -0.4 is 10.6 Å². The Balaban J connectivity index is 1.49. The van der Waals surface area contributed by atoms with Crippen molar-refractivity contribution in [1.82, 2.24) is 0 Å². The minimum atomic E-state index is -0.148. The number of rotatable bonds is 10. The summed E-state index contributed by atoms with van der Waals surface area (Å²) in [6.45, 7) is 4.37. The van der Waals surface area contributed by atoms with E-state index in [1.807, 2.05) is 48.5 Å². The van der Waals surface area contributed by atoms with Gasteiger partial charge in [0.25, 0.3) is 0 Å². The molecular weight excluding hydrogens is 468 g/mol. The van der Waals surface area contributed by atoms with Crippen molar-refractivity contribution >= 4 is 34.3 Å². The highest BCUT2D eigenvalue weighted by atomic mass is 16.1. The van der Waals surface area contributed by atoms with Crippen LogP contribution in [0.25, 0.3) is 0 Å². The minimum absolute atomic E-state index is 0.129. The summed E-state index contributed by atoms with van der Waals surface area (Å²) in [5.74, 6) is -0.277. The minimum Gasteiger partial charge on any atom is -0.355 e. The summed E-state index contributed by atoms with van der Waals surface area (Å²) in [5.41, 5.74) is 7.35. The predicted molar refractivity (Wildman–Crippen MR) is 156 cm³/mol. The van der Waals surface area contributed by atoms with Crippen LogP contribution in [-0.4, -0.2) is 11.6 Å². The quantitative estimate of drug-likeness (QED) is 0.201. The van der Waals surface area contributed by atoms with Crippen LogP contribution in [0.4, 0.5) is 22.7 Å². The third-order valence-electron chi connectivity index (χ3n) is 7.12. The molecule has 0 unspecified atom stereocenters. The van der Waals surface area contributed by atoms with E-state index in [-0.39, 0.29) is 11.6 Å². The zero-order valence-corrected chi connectivity index (χ0v) is 22.1. The first kappa shape index (κ1) is 25.5. The van der Waals surface area contributed by atoms with Gasteiger partial charge in [-0.15, -0.1) is 0 Å². The summed E-state index contributed by atoms with van der Waals surface area (Å²) >= 11 is 0. The number of hydrogen-bond acceptors (Lipinski definition) is 4. The number of carbonyl (C=O) groups excluding carboxylic acids is 2. The van der Waals surface area contributed by atoms with E-state index in [4.69, 9.17) is 0 Å². The van der Waals surface area contributed by atoms with Crippen molar-refractivity contribution in [2.75, 3.05) is 10.6 Å². The molecule has 0 heterocycles. The zero-order chi connectivity index (χ0) is 26.5. The lowest BCUT2D eigenvalue weighted by Gasteiger charge is -2.23. The van der Waals surface area contributed by atoms with E-state index < -0.39 is 0 Å². The second-order valence-electron chi connectivity index (χ2n) is 9.97. The van der Waals surface area contributed by atoms with Crippen LogP contribution in [-0.2, 0) is 12.8 Å². The smallest absolute Gasteiger partial charge is 0.198 e. The van der Waals surface area contributed by atoms with Crippen LogP contribution in [0.15, 0.2) is 84.9 Å². The Hall–Kier alpha value is -4.18. The summed E-state index contributed by atoms with van der Waals surface area (Å²) < 4.78 is 0. The Morgan fingerprint density at radius 3 is 1.45 bits per heavy atom. The van der Waals surface area contributed by atoms with Crippen molar-refractivity contribution in [3.63, 3.8) is 0 Å². The molecule has 0 saturated carbocycles. The number of ketones is 2. The van der Waals surface area contributed by atoms with Crippen molar-refractivity contribution in [1.29, 1.82) is 0 Å². The maximum atomic E-state index is 14.1. The summed E-state index contributed by atoms with van der Waals surface area (Å²) in [6.07, 6.45) is 6.56. The van der Waals surface area contributed by atoms with Crippen LogP contribution in [0, 0.1) is 0 Å². The third kappa shape index (κ3) is 5.26. The largest absolute Gasteiger partial charge is 0.355 e. The number of benzene rings is 4. The number of nitrogens with one attached hydrogen (secondary N) is 2. The average molecular weight is 503 g/mol. The van der Waals surface area contributed by atoms with Crippen molar-refractivity contribution < 1.29 is 9.59 Å². The van der Waals surface area contributed by atoms with Gasteiger partial charge in [-0.2, -0.15) is 0 Å². The summed E-state index contributed by atoms with van der Waals surface area (Å²) in [5, 5.41) is 6.87. The van der Waals surface area contributed by atoms with Crippen molar-refractivity contribution in [3.05, 3.63) is 118 Å². The molecule has 1 aliphatic carbocycles. The summed E-state index contributed by atoms with van der Waals surface area (Å²) in [4.78, 5) is 27.7. The maximum Gasteiger partial charge on any atom is 0.198 e. The summed E-state index contributed by atoms with van der Waals surface area (Å²) in [6, 6.07) is 27.5. The van der Waals surface area contributed by atoms with E-state index >= 15 is 0 Å².